The number of amides is 9. The largest absolute Gasteiger partial charge is 0.468 e. The number of esters is 2. The maximum Gasteiger partial charge on any atom is 0.325 e. The minimum atomic E-state index is -1.55. The fraction of sp³-hybridized carbons (Fsp3) is 0.776. The number of carbonyl (C=O) groups excluding carboxylic acids is 11. The number of hydrogen-bond acceptors (Lipinski definition) is 14. The van der Waals surface area contributed by atoms with Gasteiger partial charge in [-0.1, -0.05) is 95.2 Å². The first kappa shape index (κ1) is 74.9. The summed E-state index contributed by atoms with van der Waals surface area (Å²) in [6.45, 7) is 27.2. The van der Waals surface area contributed by atoms with Gasteiger partial charge in [0.15, 0.2) is 0 Å². The topological polar surface area (TPSA) is 288 Å². The predicted octanol–water partition coefficient (Wildman–Crippen LogP) is 2.97. The fourth-order valence-electron chi connectivity index (χ4n) is 9.45. The van der Waals surface area contributed by atoms with Crippen molar-refractivity contribution in [1.82, 2.24) is 45.3 Å². The summed E-state index contributed by atoms with van der Waals surface area (Å²) in [5, 5.41) is 8.06. The smallest absolute Gasteiger partial charge is 0.325 e. The molecule has 0 heterocycles. The Kier molecular flexibility index (Phi) is 32.3. The number of nitrogens with one attached hydrogen (secondary N) is 3. The van der Waals surface area contributed by atoms with Gasteiger partial charge in [-0.3, -0.25) is 52.7 Å². The van der Waals surface area contributed by atoms with Gasteiger partial charge in [0.25, 0.3) is 0 Å². The molecule has 0 radical (unpaired) electrons. The van der Waals surface area contributed by atoms with Gasteiger partial charge in [0.2, 0.25) is 53.2 Å². The molecule has 0 aliphatic carbocycles. The molecule has 0 saturated carbocycles. The number of allylic oxidation sites excluding steroid dienone is 2. The lowest BCUT2D eigenvalue weighted by atomic mass is 9.91. The molecule has 81 heavy (non-hydrogen) atoms. The maximum absolute atomic E-state index is 15.2. The van der Waals surface area contributed by atoms with Crippen LogP contribution in [-0.4, -0.2) is 211 Å². The number of methoxy groups -OCH3 is 1. The van der Waals surface area contributed by atoms with Crippen molar-refractivity contribution in [2.45, 2.75) is 203 Å². The highest BCUT2D eigenvalue weighted by Gasteiger charge is 2.46. The number of ether oxygens (including phenoxy) is 2. The Morgan fingerprint density at radius 1 is 0.519 bits per heavy atom. The van der Waals surface area contributed by atoms with Crippen molar-refractivity contribution in [3.8, 4) is 0 Å². The van der Waals surface area contributed by atoms with E-state index in [1.54, 1.807) is 54.5 Å². The molecule has 0 rings (SSSR count). The summed E-state index contributed by atoms with van der Waals surface area (Å²) in [5.74, 6) is -8.77. The second-order valence-corrected chi connectivity index (χ2v) is 23.6. The zero-order chi connectivity index (χ0) is 63.2. The van der Waals surface area contributed by atoms with E-state index >= 15 is 9.59 Å². The van der Waals surface area contributed by atoms with Gasteiger partial charge in [-0.25, -0.2) is 0 Å². The van der Waals surface area contributed by atoms with E-state index in [0.29, 0.717) is 12.8 Å². The normalized spacial score (nSPS) is 15.7. The second-order valence-electron chi connectivity index (χ2n) is 23.6. The quantitative estimate of drug-likeness (QED) is 0.0543. The van der Waals surface area contributed by atoms with Gasteiger partial charge in [0.05, 0.1) is 13.2 Å². The first-order chi connectivity index (χ1) is 37.4. The summed E-state index contributed by atoms with van der Waals surface area (Å²) >= 11 is 0. The summed E-state index contributed by atoms with van der Waals surface area (Å²) in [4.78, 5) is 160. The van der Waals surface area contributed by atoms with Gasteiger partial charge >= 0.3 is 11.9 Å². The Hall–Kier alpha value is -6.13. The first-order valence-corrected chi connectivity index (χ1v) is 28.5. The Morgan fingerprint density at radius 2 is 0.963 bits per heavy atom. The molecule has 0 spiro atoms. The molecule has 0 bridgehead atoms. The van der Waals surface area contributed by atoms with Crippen molar-refractivity contribution in [2.75, 3.05) is 55.9 Å². The van der Waals surface area contributed by atoms with E-state index in [2.05, 4.69) is 16.0 Å². The zero-order valence-corrected chi connectivity index (χ0v) is 53.2. The maximum atomic E-state index is 15.2. The molecule has 0 fully saturated rings. The third-order valence-electron chi connectivity index (χ3n) is 14.5. The molecular weight excluding hydrogens is 1040 g/mol. The van der Waals surface area contributed by atoms with Crippen molar-refractivity contribution in [2.24, 2.45) is 41.2 Å². The molecule has 0 unspecified atom stereocenters. The van der Waals surface area contributed by atoms with Crippen molar-refractivity contribution in [3.63, 3.8) is 0 Å². The molecular formula is C58H104N10O13. The Bertz CT molecular complexity index is 2170. The average Bonchev–Trinajstić information content (AvgIpc) is 3.38. The van der Waals surface area contributed by atoms with Crippen LogP contribution in [0, 0.1) is 35.5 Å². The van der Waals surface area contributed by atoms with Crippen LogP contribution in [0.3, 0.4) is 0 Å². The van der Waals surface area contributed by atoms with E-state index in [1.807, 2.05) is 47.6 Å². The number of rotatable bonds is 33. The van der Waals surface area contributed by atoms with Gasteiger partial charge in [0, 0.05) is 49.2 Å². The van der Waals surface area contributed by atoms with Crippen molar-refractivity contribution < 1.29 is 62.2 Å². The second kappa shape index (κ2) is 35.0. The van der Waals surface area contributed by atoms with E-state index in [4.69, 9.17) is 15.2 Å². The predicted molar refractivity (Wildman–Crippen MR) is 310 cm³/mol. The molecule has 5 N–H and O–H groups in total. The highest BCUT2D eigenvalue weighted by molar-refractivity contribution is 5.98. The third-order valence-corrected chi connectivity index (χ3v) is 14.5. The number of nitrogens with zero attached hydrogens (tertiary/aromatic N) is 6. The van der Waals surface area contributed by atoms with Crippen molar-refractivity contribution in [1.29, 1.82) is 0 Å². The van der Waals surface area contributed by atoms with Gasteiger partial charge in [-0.2, -0.15) is 0 Å². The standard InChI is InChI=1S/C58H104N10O13/c1-24-26-27-37(13)49(81-40(16)69)48(52(73)62-41(25-2)54(75)63(17)31-45(70)80-23)68(22)58(79)47(36(11)12)67(21)56(77)44(30-34(7)8)66(20)55(76)43(29-33(5)6)65(19)53(74)39(15)61-50(71)38(14)60-51(72)42(28-32(3)4)64(18)57(78)46(59)35(9)10/h24,26,32-39,41-44,46-49H,25,27-31,59H2,1-23H3,(H,60,72)(H,61,71)(H,62,73)/b26-24+/t37-,38+,39-,41+,42+,43+,44+,46+,47+,48+,49-/m1/s1. The molecule has 0 aromatic carbocycles. The Morgan fingerprint density at radius 3 is 1.40 bits per heavy atom. The molecule has 0 aliphatic rings. The lowest BCUT2D eigenvalue weighted by Gasteiger charge is -2.42. The molecule has 9 amide bonds. The monoisotopic (exact) mass is 1150 g/mol. The highest BCUT2D eigenvalue weighted by Crippen LogP contribution is 2.26. The summed E-state index contributed by atoms with van der Waals surface area (Å²) in [6.07, 6.45) is 3.33. The van der Waals surface area contributed by atoms with Gasteiger partial charge in [-0.05, 0) is 88.4 Å². The summed E-state index contributed by atoms with van der Waals surface area (Å²) < 4.78 is 10.6. The lowest BCUT2D eigenvalue weighted by molar-refractivity contribution is -0.164. The number of nitrogens with two attached hydrogens (primary N) is 1. The van der Waals surface area contributed by atoms with Gasteiger partial charge in [0.1, 0.15) is 61.0 Å². The average molecular weight is 1150 g/mol. The fourth-order valence-corrected chi connectivity index (χ4v) is 9.45. The highest BCUT2D eigenvalue weighted by atomic mass is 16.5. The summed E-state index contributed by atoms with van der Waals surface area (Å²) in [5.41, 5.74) is 6.14. The number of hydrogen-bond donors (Lipinski definition) is 4. The van der Waals surface area contributed by atoms with Crippen LogP contribution in [0.5, 0.6) is 0 Å². The molecule has 0 saturated heterocycles. The van der Waals surface area contributed by atoms with Crippen molar-refractivity contribution in [3.05, 3.63) is 12.2 Å². The van der Waals surface area contributed by atoms with Crippen LogP contribution in [-0.2, 0) is 62.2 Å². The van der Waals surface area contributed by atoms with E-state index in [9.17, 15) is 43.2 Å². The number of likely N-dealkylation sites (N-methyl/N-ethyl adjacent to an activating group) is 6. The Labute approximate surface area is 483 Å². The van der Waals surface area contributed by atoms with Crippen LogP contribution in [0.15, 0.2) is 12.2 Å². The lowest BCUT2D eigenvalue weighted by Crippen LogP contribution is -2.64. The van der Waals surface area contributed by atoms with Crippen LogP contribution in [0.25, 0.3) is 0 Å². The molecule has 11 atom stereocenters. The number of carbonyl (C=O) groups is 11. The van der Waals surface area contributed by atoms with E-state index in [0.717, 1.165) is 9.80 Å². The zero-order valence-electron chi connectivity index (χ0n) is 53.2. The third kappa shape index (κ3) is 22.6. The van der Waals surface area contributed by atoms with Crippen LogP contribution in [0.4, 0.5) is 0 Å². The molecule has 0 aromatic heterocycles. The van der Waals surface area contributed by atoms with Crippen LogP contribution in [0.1, 0.15) is 143 Å². The van der Waals surface area contributed by atoms with Gasteiger partial charge in [-0.15, -0.1) is 0 Å². The summed E-state index contributed by atoms with van der Waals surface area (Å²) in [7, 11) is 9.73. The first-order valence-electron chi connectivity index (χ1n) is 28.5. The Balaban J connectivity index is 7.20. The minimum Gasteiger partial charge on any atom is -0.468 e. The molecule has 0 aliphatic heterocycles. The van der Waals surface area contributed by atoms with E-state index in [1.165, 1.54) is 89.8 Å². The van der Waals surface area contributed by atoms with Crippen LogP contribution >= 0.6 is 0 Å². The summed E-state index contributed by atoms with van der Waals surface area (Å²) in [6, 6.07) is -10.4. The molecule has 464 valence electrons. The molecule has 0 aromatic rings. The van der Waals surface area contributed by atoms with Gasteiger partial charge < -0.3 is 60.6 Å². The van der Waals surface area contributed by atoms with E-state index < -0.39 is 144 Å². The van der Waals surface area contributed by atoms with Crippen molar-refractivity contribution >= 4 is 65.1 Å². The van der Waals surface area contributed by atoms with Crippen LogP contribution in [0.2, 0.25) is 0 Å². The molecule has 23 nitrogen and oxygen atoms in total. The van der Waals surface area contributed by atoms with Crippen LogP contribution < -0.4 is 21.7 Å². The van der Waals surface area contributed by atoms with E-state index in [-0.39, 0.29) is 42.9 Å². The SMILES string of the molecule is C/C=C/C[C@@H](C)[C@@H](OC(C)=O)[C@@H](C(=O)N[C@@H](CC)C(=O)N(C)CC(=O)OC)N(C)C(=O)[C@H](C(C)C)N(C)C(=O)[C@H](CC(C)C)N(C)C(=O)[C@H](CC(C)C)N(C)C(=O)[C@@H](C)NC(=O)[C@H](C)NC(=O)[C@H](CC(C)C)N(C)C(=O)[C@@H](N)C(C)C. The molecule has 23 heteroatoms. The minimum absolute atomic E-state index is 0.00428.